The van der Waals surface area contributed by atoms with Gasteiger partial charge in [0.1, 0.15) is 10.1 Å². The van der Waals surface area contributed by atoms with Crippen LogP contribution in [-0.4, -0.2) is 58.8 Å². The molecule has 8 heteroatoms. The highest BCUT2D eigenvalue weighted by Gasteiger charge is 2.32. The van der Waals surface area contributed by atoms with Gasteiger partial charge in [-0.1, -0.05) is 42.2 Å². The van der Waals surface area contributed by atoms with Crippen LogP contribution in [0.3, 0.4) is 0 Å². The Hall–Kier alpha value is -1.77. The molecule has 0 bridgehead atoms. The van der Waals surface area contributed by atoms with Crippen molar-refractivity contribution in [2.24, 2.45) is 0 Å². The number of morpholine rings is 1. The highest BCUT2D eigenvalue weighted by atomic mass is 32.2. The summed E-state index contributed by atoms with van der Waals surface area (Å²) in [6.07, 6.45) is 1.71. The van der Waals surface area contributed by atoms with Crippen molar-refractivity contribution in [2.45, 2.75) is 6.42 Å². The highest BCUT2D eigenvalue weighted by Crippen LogP contribution is 2.33. The van der Waals surface area contributed by atoms with Crippen LogP contribution in [0.4, 0.5) is 4.39 Å². The van der Waals surface area contributed by atoms with E-state index in [9.17, 15) is 14.0 Å². The molecule has 0 saturated carbocycles. The van der Waals surface area contributed by atoms with E-state index in [1.165, 1.54) is 17.0 Å². The molecule has 0 N–H and O–H groups in total. The molecule has 0 atom stereocenters. The van der Waals surface area contributed by atoms with Crippen LogP contribution in [0, 0.1) is 5.82 Å². The minimum Gasteiger partial charge on any atom is -0.378 e. The molecule has 0 unspecified atom stereocenters. The molecule has 25 heavy (non-hydrogen) atoms. The Morgan fingerprint density at radius 3 is 2.76 bits per heavy atom. The molecule has 1 aromatic rings. The number of ether oxygens (including phenoxy) is 1. The van der Waals surface area contributed by atoms with E-state index < -0.39 is 5.82 Å². The molecule has 0 aliphatic carbocycles. The summed E-state index contributed by atoms with van der Waals surface area (Å²) in [4.78, 5) is 28.2. The number of hydrogen-bond acceptors (Lipinski definition) is 5. The van der Waals surface area contributed by atoms with Gasteiger partial charge in [0.05, 0.1) is 18.1 Å². The second kappa shape index (κ2) is 8.07. The molecule has 0 radical (unpaired) electrons. The van der Waals surface area contributed by atoms with Crippen LogP contribution in [0.15, 0.2) is 29.2 Å². The number of rotatable bonds is 4. The molecule has 2 saturated heterocycles. The van der Waals surface area contributed by atoms with Crippen molar-refractivity contribution >= 4 is 46.2 Å². The monoisotopic (exact) mass is 380 g/mol. The first-order chi connectivity index (χ1) is 12.1. The summed E-state index contributed by atoms with van der Waals surface area (Å²) in [5.74, 6) is -0.696. The zero-order valence-corrected chi connectivity index (χ0v) is 15.1. The van der Waals surface area contributed by atoms with Crippen molar-refractivity contribution in [3.8, 4) is 0 Å². The summed E-state index contributed by atoms with van der Waals surface area (Å²) in [6.45, 7) is 2.46. The Labute approximate surface area is 154 Å². The summed E-state index contributed by atoms with van der Waals surface area (Å²) in [5.41, 5.74) is 0.340. The maximum Gasteiger partial charge on any atom is 0.266 e. The van der Waals surface area contributed by atoms with Gasteiger partial charge in [0, 0.05) is 31.6 Å². The minimum absolute atomic E-state index is 0.0181. The molecule has 2 fully saturated rings. The molecule has 3 rings (SSSR count). The maximum atomic E-state index is 13.8. The SMILES string of the molecule is O=C(CCN1C(=O)/C(=C\c2ccccc2F)SC1=S)N1CCOCC1. The summed E-state index contributed by atoms with van der Waals surface area (Å²) < 4.78 is 19.4. The quantitative estimate of drug-likeness (QED) is 0.593. The zero-order valence-electron chi connectivity index (χ0n) is 13.4. The van der Waals surface area contributed by atoms with Crippen LogP contribution in [0.25, 0.3) is 6.08 Å². The van der Waals surface area contributed by atoms with Gasteiger partial charge in [0.2, 0.25) is 5.91 Å². The number of benzene rings is 1. The van der Waals surface area contributed by atoms with Crippen molar-refractivity contribution in [1.29, 1.82) is 0 Å². The second-order valence-electron chi connectivity index (χ2n) is 5.60. The van der Waals surface area contributed by atoms with Crippen molar-refractivity contribution in [2.75, 3.05) is 32.8 Å². The molecular weight excluding hydrogens is 363 g/mol. The normalized spacial score (nSPS) is 19.8. The van der Waals surface area contributed by atoms with E-state index in [-0.39, 0.29) is 24.8 Å². The summed E-state index contributed by atoms with van der Waals surface area (Å²) in [6, 6.07) is 6.24. The van der Waals surface area contributed by atoms with Crippen LogP contribution < -0.4 is 0 Å². The smallest absolute Gasteiger partial charge is 0.266 e. The number of thiocarbonyl (C=S) groups is 1. The van der Waals surface area contributed by atoms with Crippen LogP contribution in [0.1, 0.15) is 12.0 Å². The lowest BCUT2D eigenvalue weighted by Crippen LogP contribution is -2.42. The van der Waals surface area contributed by atoms with Gasteiger partial charge in [-0.2, -0.15) is 0 Å². The summed E-state index contributed by atoms with van der Waals surface area (Å²) in [5, 5.41) is 0. The van der Waals surface area contributed by atoms with Crippen molar-refractivity contribution in [3.05, 3.63) is 40.6 Å². The van der Waals surface area contributed by atoms with Gasteiger partial charge in [-0.3, -0.25) is 14.5 Å². The topological polar surface area (TPSA) is 49.9 Å². The minimum atomic E-state index is -0.393. The Morgan fingerprint density at radius 2 is 2.04 bits per heavy atom. The van der Waals surface area contributed by atoms with E-state index in [1.54, 1.807) is 23.1 Å². The van der Waals surface area contributed by atoms with E-state index >= 15 is 0 Å². The number of nitrogens with zero attached hydrogens (tertiary/aromatic N) is 2. The fraction of sp³-hybridized carbons (Fsp3) is 0.353. The van der Waals surface area contributed by atoms with E-state index in [2.05, 4.69) is 0 Å². The summed E-state index contributed by atoms with van der Waals surface area (Å²) in [7, 11) is 0. The first kappa shape index (κ1) is 18.0. The number of halogens is 1. The molecule has 2 aliphatic heterocycles. The third-order valence-electron chi connectivity index (χ3n) is 3.98. The third-order valence-corrected chi connectivity index (χ3v) is 5.36. The molecule has 2 heterocycles. The summed E-state index contributed by atoms with van der Waals surface area (Å²) >= 11 is 6.37. The first-order valence-corrected chi connectivity index (χ1v) is 9.14. The predicted octanol–water partition coefficient (Wildman–Crippen LogP) is 2.28. The molecule has 0 aromatic heterocycles. The van der Waals surface area contributed by atoms with E-state index in [1.807, 2.05) is 0 Å². The lowest BCUT2D eigenvalue weighted by Gasteiger charge is -2.27. The van der Waals surface area contributed by atoms with Crippen LogP contribution >= 0.6 is 24.0 Å². The molecule has 0 spiro atoms. The number of carbonyl (C=O) groups excluding carboxylic acids is 2. The van der Waals surface area contributed by atoms with Gasteiger partial charge < -0.3 is 9.64 Å². The Morgan fingerprint density at radius 1 is 1.32 bits per heavy atom. The van der Waals surface area contributed by atoms with Gasteiger partial charge >= 0.3 is 0 Å². The molecule has 132 valence electrons. The molecule has 5 nitrogen and oxygen atoms in total. The molecular formula is C17H17FN2O3S2. The van der Waals surface area contributed by atoms with Gasteiger partial charge in [0.25, 0.3) is 5.91 Å². The van der Waals surface area contributed by atoms with Crippen LogP contribution in [0.2, 0.25) is 0 Å². The Balaban J connectivity index is 1.63. The fourth-order valence-electron chi connectivity index (χ4n) is 2.60. The van der Waals surface area contributed by atoms with Gasteiger partial charge in [-0.25, -0.2) is 4.39 Å². The number of thioether (sulfide) groups is 1. The third kappa shape index (κ3) is 4.26. The number of carbonyl (C=O) groups is 2. The van der Waals surface area contributed by atoms with Crippen molar-refractivity contribution in [3.63, 3.8) is 0 Å². The fourth-order valence-corrected chi connectivity index (χ4v) is 3.90. The van der Waals surface area contributed by atoms with E-state index in [0.29, 0.717) is 41.1 Å². The second-order valence-corrected chi connectivity index (χ2v) is 7.27. The standard InChI is InChI=1S/C17H17FN2O3S2/c18-13-4-2-1-3-12(13)11-14-16(22)20(17(24)25-14)6-5-15(21)19-7-9-23-10-8-19/h1-4,11H,5-10H2/b14-11+. The van der Waals surface area contributed by atoms with E-state index in [4.69, 9.17) is 17.0 Å². The average Bonchev–Trinajstić information content (AvgIpc) is 2.89. The Bertz CT molecular complexity index is 732. The lowest BCUT2D eigenvalue weighted by molar-refractivity contribution is -0.135. The van der Waals surface area contributed by atoms with Crippen molar-refractivity contribution in [1.82, 2.24) is 9.80 Å². The predicted molar refractivity (Wildman–Crippen MR) is 98.3 cm³/mol. The van der Waals surface area contributed by atoms with Gasteiger partial charge in [-0.15, -0.1) is 0 Å². The Kier molecular flexibility index (Phi) is 5.82. The van der Waals surface area contributed by atoms with Crippen LogP contribution in [0.5, 0.6) is 0 Å². The highest BCUT2D eigenvalue weighted by molar-refractivity contribution is 8.26. The van der Waals surface area contributed by atoms with Crippen molar-refractivity contribution < 1.29 is 18.7 Å². The van der Waals surface area contributed by atoms with E-state index in [0.717, 1.165) is 11.8 Å². The average molecular weight is 380 g/mol. The molecule has 2 amide bonds. The molecule has 1 aromatic carbocycles. The largest absolute Gasteiger partial charge is 0.378 e. The first-order valence-electron chi connectivity index (χ1n) is 7.91. The number of amides is 2. The molecule has 2 aliphatic rings. The zero-order chi connectivity index (χ0) is 17.8. The number of hydrogen-bond donors (Lipinski definition) is 0. The maximum absolute atomic E-state index is 13.8. The van der Waals surface area contributed by atoms with Gasteiger partial charge in [0.15, 0.2) is 0 Å². The lowest BCUT2D eigenvalue weighted by atomic mass is 10.2. The van der Waals surface area contributed by atoms with Gasteiger partial charge in [-0.05, 0) is 12.1 Å². The van der Waals surface area contributed by atoms with Crippen LogP contribution in [-0.2, 0) is 14.3 Å².